The summed E-state index contributed by atoms with van der Waals surface area (Å²) in [7, 11) is 1.50. The molecule has 0 spiro atoms. The van der Waals surface area contributed by atoms with E-state index in [0.29, 0.717) is 35.5 Å². The van der Waals surface area contributed by atoms with Gasteiger partial charge in [-0.25, -0.2) is 0 Å². The lowest BCUT2D eigenvalue weighted by atomic mass is 10.1. The van der Waals surface area contributed by atoms with Crippen molar-refractivity contribution in [2.45, 2.75) is 0 Å². The first-order chi connectivity index (χ1) is 14.4. The molecule has 0 aliphatic carbocycles. The lowest BCUT2D eigenvalue weighted by molar-refractivity contribution is -0.384. The van der Waals surface area contributed by atoms with Crippen LogP contribution in [0.2, 0.25) is 0 Å². The van der Waals surface area contributed by atoms with Gasteiger partial charge in [-0.05, 0) is 36.0 Å². The fraction of sp³-hybridized carbons (Fsp3) is 0.211. The Hall–Kier alpha value is -3.44. The van der Waals surface area contributed by atoms with Crippen molar-refractivity contribution in [3.63, 3.8) is 0 Å². The van der Waals surface area contributed by atoms with Crippen molar-refractivity contribution >= 4 is 40.6 Å². The van der Waals surface area contributed by atoms with E-state index in [1.165, 1.54) is 25.3 Å². The third-order valence-corrected chi connectivity index (χ3v) is 4.97. The van der Waals surface area contributed by atoms with Crippen molar-refractivity contribution < 1.29 is 28.5 Å². The highest BCUT2D eigenvalue weighted by Crippen LogP contribution is 2.33. The largest absolute Gasteiger partial charge is 0.457 e. The van der Waals surface area contributed by atoms with Crippen LogP contribution < -0.4 is 5.32 Å². The minimum atomic E-state index is -0.583. The molecule has 2 heterocycles. The van der Waals surface area contributed by atoms with Crippen LogP contribution in [0, 0.1) is 10.1 Å². The van der Waals surface area contributed by atoms with Crippen molar-refractivity contribution in [2.75, 3.05) is 26.8 Å². The van der Waals surface area contributed by atoms with Crippen LogP contribution in [0.1, 0.15) is 5.76 Å². The number of benzene rings is 1. The molecule has 1 N–H and O–H groups in total. The second-order valence-corrected chi connectivity index (χ2v) is 7.11. The number of nitrogens with one attached hydrogen (secondary N) is 1. The number of carbonyl (C=O) groups is 3. The van der Waals surface area contributed by atoms with E-state index in [-0.39, 0.29) is 23.7 Å². The first kappa shape index (κ1) is 21.3. The number of imide groups is 1. The van der Waals surface area contributed by atoms with E-state index in [1.54, 1.807) is 24.3 Å². The van der Waals surface area contributed by atoms with Gasteiger partial charge < -0.3 is 14.5 Å². The molecule has 0 bridgehead atoms. The Morgan fingerprint density at radius 1 is 1.27 bits per heavy atom. The third kappa shape index (κ3) is 4.93. The average Bonchev–Trinajstić information content (AvgIpc) is 3.29. The number of non-ortho nitro benzene ring substituents is 1. The highest BCUT2D eigenvalue weighted by molar-refractivity contribution is 8.18. The summed E-state index contributed by atoms with van der Waals surface area (Å²) in [4.78, 5) is 47.7. The van der Waals surface area contributed by atoms with Crippen molar-refractivity contribution in [3.8, 4) is 11.3 Å². The molecule has 1 aromatic heterocycles. The van der Waals surface area contributed by atoms with Crippen LogP contribution in [0.4, 0.5) is 10.5 Å². The fourth-order valence-corrected chi connectivity index (χ4v) is 3.41. The Morgan fingerprint density at radius 2 is 2.00 bits per heavy atom. The Morgan fingerprint density at radius 3 is 2.67 bits per heavy atom. The van der Waals surface area contributed by atoms with Crippen molar-refractivity contribution in [1.82, 2.24) is 10.2 Å². The molecule has 1 aliphatic rings. The molecule has 11 heteroatoms. The Labute approximate surface area is 175 Å². The molecule has 2 aromatic rings. The van der Waals surface area contributed by atoms with E-state index < -0.39 is 22.0 Å². The number of furan rings is 1. The van der Waals surface area contributed by atoms with Gasteiger partial charge in [-0.1, -0.05) is 0 Å². The number of carbonyl (C=O) groups excluding carboxylic acids is 3. The topological polar surface area (TPSA) is 132 Å². The maximum Gasteiger partial charge on any atom is 0.294 e. The minimum absolute atomic E-state index is 0.0366. The first-order valence-corrected chi connectivity index (χ1v) is 9.56. The predicted molar refractivity (Wildman–Crippen MR) is 108 cm³/mol. The van der Waals surface area contributed by atoms with E-state index in [1.807, 2.05) is 0 Å². The van der Waals surface area contributed by atoms with E-state index in [0.717, 1.165) is 4.90 Å². The highest BCUT2D eigenvalue weighted by Gasteiger charge is 2.36. The number of hydrogen-bond acceptors (Lipinski definition) is 8. The van der Waals surface area contributed by atoms with Crippen LogP contribution in [-0.4, -0.2) is 53.7 Å². The standard InChI is InChI=1S/C19H17N3O7S/c1-28-9-8-20-17(23)11-21-18(24)16(30-19(21)25)10-14-6-7-15(29-14)12-2-4-13(5-3-12)22(26)27/h2-7,10H,8-9,11H2,1H3,(H,20,23)/b16-10-. The smallest absolute Gasteiger partial charge is 0.294 e. The monoisotopic (exact) mass is 431 g/mol. The molecule has 1 aromatic carbocycles. The quantitative estimate of drug-likeness (QED) is 0.292. The molecule has 10 nitrogen and oxygen atoms in total. The second-order valence-electron chi connectivity index (χ2n) is 6.12. The third-order valence-electron chi connectivity index (χ3n) is 4.07. The van der Waals surface area contributed by atoms with Gasteiger partial charge in [0.25, 0.3) is 16.8 Å². The lowest BCUT2D eigenvalue weighted by Gasteiger charge is -2.12. The number of amides is 3. The summed E-state index contributed by atoms with van der Waals surface area (Å²) in [5.74, 6) is -0.263. The number of nitro benzene ring substituents is 1. The van der Waals surface area contributed by atoms with E-state index in [4.69, 9.17) is 9.15 Å². The van der Waals surface area contributed by atoms with Gasteiger partial charge in [0.2, 0.25) is 5.91 Å². The van der Waals surface area contributed by atoms with E-state index >= 15 is 0 Å². The Balaban J connectivity index is 1.68. The zero-order chi connectivity index (χ0) is 21.7. The number of methoxy groups -OCH3 is 1. The number of ether oxygens (including phenoxy) is 1. The maximum atomic E-state index is 12.5. The summed E-state index contributed by atoms with van der Waals surface area (Å²) in [5.41, 5.74) is 0.589. The van der Waals surface area contributed by atoms with Crippen molar-refractivity contribution in [1.29, 1.82) is 0 Å². The summed E-state index contributed by atoms with van der Waals surface area (Å²) in [6.45, 7) is 0.222. The summed E-state index contributed by atoms with van der Waals surface area (Å²) >= 11 is 0.716. The van der Waals surface area contributed by atoms with Crippen LogP contribution in [-0.2, 0) is 14.3 Å². The van der Waals surface area contributed by atoms with Gasteiger partial charge in [-0.3, -0.25) is 29.4 Å². The van der Waals surface area contributed by atoms with E-state index in [2.05, 4.69) is 5.32 Å². The number of rotatable bonds is 8. The van der Waals surface area contributed by atoms with Crippen LogP contribution in [0.25, 0.3) is 17.4 Å². The van der Waals surface area contributed by atoms with E-state index in [9.17, 15) is 24.5 Å². The van der Waals surface area contributed by atoms with Gasteiger partial charge in [-0.2, -0.15) is 0 Å². The molecule has 30 heavy (non-hydrogen) atoms. The molecule has 0 atom stereocenters. The molecular formula is C19H17N3O7S. The van der Waals surface area contributed by atoms with Gasteiger partial charge in [0, 0.05) is 37.4 Å². The van der Waals surface area contributed by atoms with Crippen molar-refractivity contribution in [2.24, 2.45) is 0 Å². The van der Waals surface area contributed by atoms with Crippen LogP contribution >= 0.6 is 11.8 Å². The van der Waals surface area contributed by atoms with Gasteiger partial charge in [0.05, 0.1) is 16.4 Å². The molecule has 3 amide bonds. The highest BCUT2D eigenvalue weighted by atomic mass is 32.2. The second kappa shape index (κ2) is 9.37. The molecule has 1 saturated heterocycles. The van der Waals surface area contributed by atoms with Gasteiger partial charge in [0.15, 0.2) is 0 Å². The molecule has 0 saturated carbocycles. The number of nitrogens with zero attached hydrogens (tertiary/aromatic N) is 2. The SMILES string of the molecule is COCCNC(=O)CN1C(=O)S/C(=C\c2ccc(-c3ccc([N+](=O)[O-])cc3)o2)C1=O. The first-order valence-electron chi connectivity index (χ1n) is 8.74. The normalized spacial score (nSPS) is 15.1. The maximum absolute atomic E-state index is 12.5. The van der Waals surface area contributed by atoms with Crippen LogP contribution in [0.15, 0.2) is 45.7 Å². The molecule has 0 radical (unpaired) electrons. The van der Waals surface area contributed by atoms with Crippen molar-refractivity contribution in [3.05, 3.63) is 57.2 Å². The Kier molecular flexibility index (Phi) is 6.65. The summed E-state index contributed by atoms with van der Waals surface area (Å²) in [6, 6.07) is 9.09. The minimum Gasteiger partial charge on any atom is -0.457 e. The summed E-state index contributed by atoms with van der Waals surface area (Å²) in [5, 5.41) is 12.7. The fourth-order valence-electron chi connectivity index (χ4n) is 2.59. The molecular weight excluding hydrogens is 414 g/mol. The molecule has 156 valence electrons. The number of nitro groups is 1. The zero-order valence-electron chi connectivity index (χ0n) is 15.8. The average molecular weight is 431 g/mol. The molecule has 0 unspecified atom stereocenters. The van der Waals surface area contributed by atoms with Gasteiger partial charge >= 0.3 is 0 Å². The molecule has 1 fully saturated rings. The summed E-state index contributed by atoms with van der Waals surface area (Å²) in [6.07, 6.45) is 1.42. The van der Waals surface area contributed by atoms with Gasteiger partial charge in [0.1, 0.15) is 18.1 Å². The Bertz CT molecular complexity index is 1010. The van der Waals surface area contributed by atoms with Crippen LogP contribution in [0.5, 0.6) is 0 Å². The number of hydrogen-bond donors (Lipinski definition) is 1. The number of thioether (sulfide) groups is 1. The summed E-state index contributed by atoms with van der Waals surface area (Å²) < 4.78 is 10.5. The molecule has 1 aliphatic heterocycles. The molecule has 3 rings (SSSR count). The van der Waals surface area contributed by atoms with Gasteiger partial charge in [-0.15, -0.1) is 0 Å². The zero-order valence-corrected chi connectivity index (χ0v) is 16.6. The van der Waals surface area contributed by atoms with Crippen LogP contribution in [0.3, 0.4) is 0 Å². The predicted octanol–water partition coefficient (Wildman–Crippen LogP) is 2.65. The lowest BCUT2D eigenvalue weighted by Crippen LogP contribution is -2.40.